The van der Waals surface area contributed by atoms with E-state index < -0.39 is 18.0 Å². The maximum atomic E-state index is 14.9. The Kier molecular flexibility index (Phi) is 4.64. The van der Waals surface area contributed by atoms with Crippen LogP contribution in [0.1, 0.15) is 17.0 Å². The zero-order chi connectivity index (χ0) is 20.7. The number of rotatable bonds is 6. The van der Waals surface area contributed by atoms with Crippen molar-refractivity contribution in [1.82, 2.24) is 25.7 Å². The maximum absolute atomic E-state index is 14.9. The molecule has 30 heavy (non-hydrogen) atoms. The molecule has 3 aromatic rings. The molecule has 1 saturated heterocycles. The summed E-state index contributed by atoms with van der Waals surface area (Å²) in [5.74, 6) is -0.437. The van der Waals surface area contributed by atoms with Crippen LogP contribution in [0.2, 0.25) is 0 Å². The average Bonchev–Trinajstić information content (AvgIpc) is 3.46. The monoisotopic (exact) mass is 410 g/mol. The number of aliphatic hydroxyl groups is 1. The van der Waals surface area contributed by atoms with Gasteiger partial charge in [0.05, 0.1) is 35.9 Å². The van der Waals surface area contributed by atoms with Gasteiger partial charge in [-0.25, -0.2) is 9.18 Å². The second-order valence-corrected chi connectivity index (χ2v) is 7.31. The minimum Gasteiger partial charge on any atom is -0.441 e. The van der Waals surface area contributed by atoms with Gasteiger partial charge in [-0.05, 0) is 30.2 Å². The van der Waals surface area contributed by atoms with Gasteiger partial charge in [0.15, 0.2) is 0 Å². The summed E-state index contributed by atoms with van der Waals surface area (Å²) in [5, 5.41) is 22.9. The first-order chi connectivity index (χ1) is 14.6. The summed E-state index contributed by atoms with van der Waals surface area (Å²) in [6, 6.07) is 6.48. The van der Waals surface area contributed by atoms with Crippen molar-refractivity contribution in [2.24, 2.45) is 0 Å². The van der Waals surface area contributed by atoms with Gasteiger partial charge in [0, 0.05) is 30.4 Å². The Balaban J connectivity index is 1.33. The van der Waals surface area contributed by atoms with Gasteiger partial charge in [-0.2, -0.15) is 15.4 Å². The third kappa shape index (κ3) is 3.19. The first kappa shape index (κ1) is 18.6. The number of H-pyrrole nitrogens is 1. The number of carbonyl (C=O) groups is 1. The second kappa shape index (κ2) is 7.47. The number of nitrogens with zero attached hydrogens (tertiary/aromatic N) is 4. The quantitative estimate of drug-likeness (QED) is 0.564. The number of aromatic nitrogens is 4. The minimum absolute atomic E-state index is 0.258. The predicted molar refractivity (Wildman–Crippen MR) is 104 cm³/mol. The molecule has 0 aliphatic carbocycles. The van der Waals surface area contributed by atoms with E-state index in [4.69, 9.17) is 4.74 Å². The summed E-state index contributed by atoms with van der Waals surface area (Å²) < 4.78 is 20.0. The largest absolute Gasteiger partial charge is 0.441 e. The van der Waals surface area contributed by atoms with Crippen molar-refractivity contribution in [2.45, 2.75) is 31.7 Å². The van der Waals surface area contributed by atoms with Gasteiger partial charge in [-0.3, -0.25) is 9.88 Å². The molecule has 1 aromatic carbocycles. The summed E-state index contributed by atoms with van der Waals surface area (Å²) in [6.45, 7) is 0.849. The Morgan fingerprint density at radius 1 is 1.27 bits per heavy atom. The van der Waals surface area contributed by atoms with Crippen molar-refractivity contribution in [3.8, 4) is 11.1 Å². The second-order valence-electron chi connectivity index (χ2n) is 7.31. The lowest BCUT2D eigenvalue weighted by Crippen LogP contribution is -2.34. The molecular weight excluding hydrogens is 391 g/mol. The molecule has 2 aliphatic heterocycles. The maximum Gasteiger partial charge on any atom is 0.415 e. The number of amides is 1. The number of aliphatic hydroxyl groups excluding tert-OH is 1. The lowest BCUT2D eigenvalue weighted by molar-refractivity contribution is 0.0830. The molecule has 4 heterocycles. The Hall–Kier alpha value is -3.37. The van der Waals surface area contributed by atoms with Crippen LogP contribution in [0.5, 0.6) is 0 Å². The van der Waals surface area contributed by atoms with Crippen LogP contribution in [-0.4, -0.2) is 50.3 Å². The molecule has 2 atom stereocenters. The number of hydrogen-bond donors (Lipinski definition) is 3. The van der Waals surface area contributed by atoms with Crippen LogP contribution in [-0.2, 0) is 24.2 Å². The number of halogens is 1. The first-order valence-electron chi connectivity index (χ1n) is 9.58. The van der Waals surface area contributed by atoms with Gasteiger partial charge in [-0.1, -0.05) is 6.07 Å². The van der Waals surface area contributed by atoms with E-state index in [0.717, 1.165) is 17.0 Å². The summed E-state index contributed by atoms with van der Waals surface area (Å²) >= 11 is 0. The van der Waals surface area contributed by atoms with E-state index in [1.165, 1.54) is 11.0 Å². The van der Waals surface area contributed by atoms with Crippen molar-refractivity contribution in [2.75, 3.05) is 11.5 Å². The van der Waals surface area contributed by atoms with Crippen LogP contribution in [0.3, 0.4) is 0 Å². The molecule has 3 N–H and O–H groups in total. The lowest BCUT2D eigenvalue weighted by atomic mass is 10.00. The molecule has 0 unspecified atom stereocenters. The Morgan fingerprint density at radius 2 is 2.13 bits per heavy atom. The zero-order valence-corrected chi connectivity index (χ0v) is 15.9. The zero-order valence-electron chi connectivity index (χ0n) is 15.9. The van der Waals surface area contributed by atoms with Crippen LogP contribution in [0.4, 0.5) is 14.9 Å². The van der Waals surface area contributed by atoms with Crippen LogP contribution in [0.15, 0.2) is 36.7 Å². The number of fused-ring (bicyclic) bond motifs is 3. The van der Waals surface area contributed by atoms with Crippen molar-refractivity contribution in [1.29, 1.82) is 0 Å². The molecule has 154 valence electrons. The Morgan fingerprint density at radius 3 is 2.87 bits per heavy atom. The topological polar surface area (TPSA) is 116 Å². The van der Waals surface area contributed by atoms with Crippen molar-refractivity contribution >= 4 is 11.8 Å². The molecule has 1 amide bonds. The predicted octanol–water partition coefficient (Wildman–Crippen LogP) is 1.54. The SMILES string of the molecule is O=C1O[C@@H](CO)[C@@H]2Cc3cc(-c4ccc(CNCc5cn[nH]n5)nc4)c(F)cc3N12. The standard InChI is InChI=1S/C20H19FN6O3/c21-16-5-17-12(4-18-19(10-28)30-20(29)27(17)18)3-15(16)11-1-2-13(23-6-11)7-22-8-14-9-24-26-25-14/h1-3,5-6,9,18-19,22,28H,4,7-8,10H2,(H,24,25,26)/t18-,19-/m0/s1. The molecule has 0 spiro atoms. The highest BCUT2D eigenvalue weighted by Crippen LogP contribution is 2.41. The number of hydrogen-bond acceptors (Lipinski definition) is 7. The van der Waals surface area contributed by atoms with Gasteiger partial charge >= 0.3 is 6.09 Å². The Labute approximate surface area is 170 Å². The normalized spacial score (nSPS) is 19.7. The molecule has 0 radical (unpaired) electrons. The summed E-state index contributed by atoms with van der Waals surface area (Å²) in [7, 11) is 0. The third-order valence-electron chi connectivity index (χ3n) is 5.46. The van der Waals surface area contributed by atoms with Crippen LogP contribution in [0, 0.1) is 5.82 Å². The molecule has 1 fully saturated rings. The average molecular weight is 410 g/mol. The van der Waals surface area contributed by atoms with E-state index in [0.29, 0.717) is 36.3 Å². The van der Waals surface area contributed by atoms with Gasteiger partial charge < -0.3 is 15.2 Å². The summed E-state index contributed by atoms with van der Waals surface area (Å²) in [4.78, 5) is 17.9. The highest BCUT2D eigenvalue weighted by molar-refractivity contribution is 5.94. The Bertz CT molecular complexity index is 1070. The minimum atomic E-state index is -0.595. The number of nitrogens with one attached hydrogen (secondary N) is 2. The molecular formula is C20H19FN6O3. The van der Waals surface area contributed by atoms with E-state index in [-0.39, 0.29) is 12.6 Å². The fourth-order valence-corrected chi connectivity index (χ4v) is 3.98. The van der Waals surface area contributed by atoms with Crippen molar-refractivity contribution in [3.63, 3.8) is 0 Å². The van der Waals surface area contributed by atoms with Gasteiger partial charge in [-0.15, -0.1) is 0 Å². The van der Waals surface area contributed by atoms with E-state index >= 15 is 0 Å². The third-order valence-corrected chi connectivity index (χ3v) is 5.46. The smallest absolute Gasteiger partial charge is 0.415 e. The van der Waals surface area contributed by atoms with E-state index in [1.54, 1.807) is 18.5 Å². The van der Waals surface area contributed by atoms with Crippen molar-refractivity contribution < 1.29 is 19.0 Å². The summed E-state index contributed by atoms with van der Waals surface area (Å²) in [6.07, 6.45) is 2.65. The van der Waals surface area contributed by atoms with Gasteiger partial charge in [0.2, 0.25) is 0 Å². The van der Waals surface area contributed by atoms with Crippen LogP contribution >= 0.6 is 0 Å². The number of benzene rings is 1. The molecule has 0 saturated carbocycles. The highest BCUT2D eigenvalue weighted by atomic mass is 19.1. The number of anilines is 1. The fourth-order valence-electron chi connectivity index (χ4n) is 3.98. The van der Waals surface area contributed by atoms with E-state index in [9.17, 15) is 14.3 Å². The summed E-state index contributed by atoms with van der Waals surface area (Å²) in [5.41, 5.74) is 4.06. The molecule has 2 aliphatic rings. The van der Waals surface area contributed by atoms with E-state index in [2.05, 4.69) is 25.7 Å². The number of pyridine rings is 1. The van der Waals surface area contributed by atoms with Crippen LogP contribution < -0.4 is 10.2 Å². The first-order valence-corrected chi connectivity index (χ1v) is 9.58. The number of aromatic amines is 1. The van der Waals surface area contributed by atoms with Gasteiger partial charge in [0.25, 0.3) is 0 Å². The highest BCUT2D eigenvalue weighted by Gasteiger charge is 2.47. The molecule has 0 bridgehead atoms. The lowest BCUT2D eigenvalue weighted by Gasteiger charge is -2.15. The van der Waals surface area contributed by atoms with E-state index in [1.807, 2.05) is 12.1 Å². The van der Waals surface area contributed by atoms with Crippen LogP contribution in [0.25, 0.3) is 11.1 Å². The van der Waals surface area contributed by atoms with Gasteiger partial charge in [0.1, 0.15) is 11.9 Å². The number of cyclic esters (lactones) is 1. The fraction of sp³-hybridized carbons (Fsp3) is 0.300. The molecule has 5 rings (SSSR count). The number of carbonyl (C=O) groups excluding carboxylic acids is 1. The molecule has 2 aromatic heterocycles. The number of ether oxygens (including phenoxy) is 1. The molecule has 10 heteroatoms. The van der Waals surface area contributed by atoms with Crippen molar-refractivity contribution in [3.05, 3.63) is 59.4 Å². The molecule has 9 nitrogen and oxygen atoms in total.